The summed E-state index contributed by atoms with van der Waals surface area (Å²) in [6.45, 7) is 6.44. The molecule has 1 N–H and O–H groups in total. The van der Waals surface area contributed by atoms with Crippen LogP contribution in [0.5, 0.6) is 0 Å². The van der Waals surface area contributed by atoms with Crippen LogP contribution < -0.4 is 4.90 Å². The van der Waals surface area contributed by atoms with Gasteiger partial charge in [0.25, 0.3) is 0 Å². The van der Waals surface area contributed by atoms with E-state index in [4.69, 9.17) is 5.26 Å². The first-order chi connectivity index (χ1) is 10.0. The minimum absolute atomic E-state index is 0.0110. The Morgan fingerprint density at radius 2 is 1.91 bits per heavy atom. The van der Waals surface area contributed by atoms with Crippen molar-refractivity contribution in [1.82, 2.24) is 4.98 Å². The van der Waals surface area contributed by atoms with Crippen LogP contribution in [0.25, 0.3) is 0 Å². The highest BCUT2D eigenvalue weighted by Crippen LogP contribution is 2.37. The van der Waals surface area contributed by atoms with Gasteiger partial charge in [0.2, 0.25) is 0 Å². The van der Waals surface area contributed by atoms with E-state index in [1.807, 2.05) is 26.8 Å². The van der Waals surface area contributed by atoms with E-state index < -0.39 is 18.0 Å². The summed E-state index contributed by atoms with van der Waals surface area (Å²) in [6.07, 6.45) is -5.23. The molecular weight excluding hydrogens is 295 g/mol. The van der Waals surface area contributed by atoms with Gasteiger partial charge in [-0.3, -0.25) is 0 Å². The minimum Gasteiger partial charge on any atom is -0.391 e. The largest absolute Gasteiger partial charge is 0.433 e. The fraction of sp³-hybridized carbons (Fsp3) is 0.600. The summed E-state index contributed by atoms with van der Waals surface area (Å²) in [5.41, 5.74) is -1.15. The van der Waals surface area contributed by atoms with Gasteiger partial charge in [-0.1, -0.05) is 20.8 Å². The summed E-state index contributed by atoms with van der Waals surface area (Å²) in [7, 11) is 0. The summed E-state index contributed by atoms with van der Waals surface area (Å²) < 4.78 is 38.5. The Morgan fingerprint density at radius 1 is 1.27 bits per heavy atom. The van der Waals surface area contributed by atoms with E-state index in [1.165, 1.54) is 0 Å². The molecule has 0 aliphatic carbocycles. The topological polar surface area (TPSA) is 60.2 Å². The summed E-state index contributed by atoms with van der Waals surface area (Å²) in [5.74, 6) is -0.112. The lowest BCUT2D eigenvalue weighted by molar-refractivity contribution is -0.141. The Morgan fingerprint density at radius 3 is 2.36 bits per heavy atom. The number of aliphatic hydroxyl groups excluding tert-OH is 1. The maximum absolute atomic E-state index is 12.8. The number of aromatic nitrogens is 1. The lowest BCUT2D eigenvalue weighted by Gasteiger charge is -2.29. The Labute approximate surface area is 127 Å². The molecule has 120 valence electrons. The average Bonchev–Trinajstić information content (AvgIpc) is 2.79. The molecule has 0 amide bonds. The molecule has 0 saturated carbocycles. The molecule has 2 heterocycles. The number of halogens is 3. The number of rotatable bonds is 1. The molecule has 2 atom stereocenters. The van der Waals surface area contributed by atoms with E-state index in [0.717, 1.165) is 12.1 Å². The van der Waals surface area contributed by atoms with Gasteiger partial charge in [0.05, 0.1) is 11.7 Å². The first-order valence-corrected chi connectivity index (χ1v) is 6.95. The highest BCUT2D eigenvalue weighted by Gasteiger charge is 2.41. The normalized spacial score (nSPS) is 22.7. The maximum Gasteiger partial charge on any atom is 0.433 e. The van der Waals surface area contributed by atoms with Crippen LogP contribution in [0.2, 0.25) is 0 Å². The van der Waals surface area contributed by atoms with Gasteiger partial charge in [0.1, 0.15) is 17.6 Å². The lowest BCUT2D eigenvalue weighted by Crippen LogP contribution is -2.30. The van der Waals surface area contributed by atoms with Gasteiger partial charge < -0.3 is 10.0 Å². The van der Waals surface area contributed by atoms with Crippen LogP contribution in [0.1, 0.15) is 32.0 Å². The Hall–Kier alpha value is -1.81. The zero-order valence-electron chi connectivity index (χ0n) is 12.6. The molecule has 0 aromatic carbocycles. The minimum atomic E-state index is -4.56. The number of anilines is 1. The number of nitriles is 1. The molecule has 2 rings (SSSR count). The fourth-order valence-corrected chi connectivity index (χ4v) is 2.75. The number of nitrogens with zero attached hydrogens (tertiary/aromatic N) is 3. The molecule has 7 heteroatoms. The van der Waals surface area contributed by atoms with Crippen molar-refractivity contribution in [1.29, 1.82) is 5.26 Å². The van der Waals surface area contributed by atoms with Crippen molar-refractivity contribution in [3.05, 3.63) is 23.4 Å². The number of pyridine rings is 1. The third kappa shape index (κ3) is 3.17. The smallest absolute Gasteiger partial charge is 0.391 e. The predicted octanol–water partition coefficient (Wildman–Crippen LogP) is 2.82. The highest BCUT2D eigenvalue weighted by molar-refractivity contribution is 5.55. The van der Waals surface area contributed by atoms with E-state index in [9.17, 15) is 18.3 Å². The number of alkyl halides is 3. The number of hydrogen-bond donors (Lipinski definition) is 1. The quantitative estimate of drug-likeness (QED) is 0.866. The summed E-state index contributed by atoms with van der Waals surface area (Å²) >= 11 is 0. The van der Waals surface area contributed by atoms with Crippen molar-refractivity contribution >= 4 is 5.82 Å². The van der Waals surface area contributed by atoms with Crippen LogP contribution in [0.15, 0.2) is 12.1 Å². The van der Waals surface area contributed by atoms with E-state index in [-0.39, 0.29) is 29.3 Å². The average molecular weight is 313 g/mol. The number of β-amino-alcohol motifs (C(OH)–C–C–N with tert-alkyl or cyclic N) is 1. The zero-order chi connectivity index (χ0) is 16.7. The molecule has 4 nitrogen and oxygen atoms in total. The van der Waals surface area contributed by atoms with Crippen LogP contribution in [-0.4, -0.2) is 29.3 Å². The van der Waals surface area contributed by atoms with Crippen LogP contribution in [0.4, 0.5) is 19.0 Å². The van der Waals surface area contributed by atoms with Gasteiger partial charge in [-0.25, -0.2) is 4.98 Å². The van der Waals surface area contributed by atoms with Gasteiger partial charge in [-0.15, -0.1) is 0 Å². The molecule has 1 aliphatic rings. The van der Waals surface area contributed by atoms with Gasteiger partial charge in [-0.05, 0) is 17.5 Å². The highest BCUT2D eigenvalue weighted by atomic mass is 19.4. The lowest BCUT2D eigenvalue weighted by atomic mass is 9.79. The van der Waals surface area contributed by atoms with Gasteiger partial charge in [0, 0.05) is 19.0 Å². The molecular formula is C15H18F3N3O. The van der Waals surface area contributed by atoms with E-state index in [2.05, 4.69) is 4.98 Å². The molecule has 1 saturated heterocycles. The Kier molecular flexibility index (Phi) is 4.09. The molecule has 1 fully saturated rings. The van der Waals surface area contributed by atoms with E-state index >= 15 is 0 Å². The third-order valence-electron chi connectivity index (χ3n) is 3.99. The second-order valence-corrected chi connectivity index (χ2v) is 6.62. The molecule has 0 bridgehead atoms. The molecule has 1 aliphatic heterocycles. The SMILES string of the molecule is CC(C)(C)[C@H]1CN(c2nc(C(F)(F)F)ccc2C#N)C[C@H]1O. The third-order valence-corrected chi connectivity index (χ3v) is 3.99. The summed E-state index contributed by atoms with van der Waals surface area (Å²) in [6, 6.07) is 3.79. The van der Waals surface area contributed by atoms with Crippen LogP contribution in [0, 0.1) is 22.7 Å². The first kappa shape index (κ1) is 16.6. The van der Waals surface area contributed by atoms with Crippen LogP contribution in [0.3, 0.4) is 0 Å². The zero-order valence-corrected chi connectivity index (χ0v) is 12.6. The second-order valence-electron chi connectivity index (χ2n) is 6.62. The summed E-state index contributed by atoms with van der Waals surface area (Å²) in [5, 5.41) is 19.3. The van der Waals surface area contributed by atoms with Crippen molar-refractivity contribution in [2.45, 2.75) is 33.1 Å². The van der Waals surface area contributed by atoms with Crippen LogP contribution in [-0.2, 0) is 6.18 Å². The molecule has 1 aromatic heterocycles. The van der Waals surface area contributed by atoms with Gasteiger partial charge in [0.15, 0.2) is 0 Å². The Bertz CT molecular complexity index is 602. The monoisotopic (exact) mass is 313 g/mol. The van der Waals surface area contributed by atoms with Crippen molar-refractivity contribution in [2.24, 2.45) is 11.3 Å². The van der Waals surface area contributed by atoms with Gasteiger partial charge >= 0.3 is 6.18 Å². The first-order valence-electron chi connectivity index (χ1n) is 6.95. The van der Waals surface area contributed by atoms with Gasteiger partial charge in [-0.2, -0.15) is 18.4 Å². The van der Waals surface area contributed by atoms with E-state index in [1.54, 1.807) is 4.90 Å². The molecule has 0 radical (unpaired) electrons. The van der Waals surface area contributed by atoms with Crippen LogP contribution >= 0.6 is 0 Å². The summed E-state index contributed by atoms with van der Waals surface area (Å²) in [4.78, 5) is 5.18. The molecule has 22 heavy (non-hydrogen) atoms. The van der Waals surface area contributed by atoms with Crippen molar-refractivity contribution in [3.8, 4) is 6.07 Å². The van der Waals surface area contributed by atoms with Crippen molar-refractivity contribution in [2.75, 3.05) is 18.0 Å². The predicted molar refractivity (Wildman–Crippen MR) is 75.1 cm³/mol. The fourth-order valence-electron chi connectivity index (χ4n) is 2.75. The van der Waals surface area contributed by atoms with Crippen molar-refractivity contribution in [3.63, 3.8) is 0 Å². The van der Waals surface area contributed by atoms with E-state index in [0.29, 0.717) is 6.54 Å². The maximum atomic E-state index is 12.8. The molecule has 0 unspecified atom stereocenters. The molecule has 1 aromatic rings. The number of hydrogen-bond acceptors (Lipinski definition) is 4. The second kappa shape index (κ2) is 5.43. The van der Waals surface area contributed by atoms with Crippen molar-refractivity contribution < 1.29 is 18.3 Å². The Balaban J connectivity index is 2.39. The molecule has 0 spiro atoms. The standard InChI is InChI=1S/C15H18F3N3O/c1-14(2,3)10-7-21(8-11(10)22)13-9(6-19)4-5-12(20-13)15(16,17)18/h4-5,10-11,22H,7-8H2,1-3H3/t10-,11+/m0/s1. The number of aliphatic hydroxyl groups is 1.